The number of aromatic nitrogens is 4. The van der Waals surface area contributed by atoms with Crippen LogP contribution in [-0.4, -0.2) is 38.7 Å². The first-order valence-electron chi connectivity index (χ1n) is 8.26. The fraction of sp³-hybridized carbons (Fsp3) is 0.389. The second kappa shape index (κ2) is 7.40. The molecule has 0 spiro atoms. The molecule has 0 fully saturated rings. The van der Waals surface area contributed by atoms with Crippen LogP contribution in [0.25, 0.3) is 23.0 Å². The summed E-state index contributed by atoms with van der Waals surface area (Å²) in [6.07, 6.45) is 5.67. The number of pyridine rings is 1. The summed E-state index contributed by atoms with van der Waals surface area (Å²) in [6.45, 7) is 3.76. The molecule has 3 heterocycles. The minimum absolute atomic E-state index is 0.703. The number of unbranched alkanes of at least 4 members (excludes halogenated alkanes) is 1. The third-order valence-corrected chi connectivity index (χ3v) is 3.69. The van der Waals surface area contributed by atoms with Crippen LogP contribution in [0.5, 0.6) is 0 Å². The molecule has 24 heavy (non-hydrogen) atoms. The van der Waals surface area contributed by atoms with E-state index in [9.17, 15) is 0 Å². The van der Waals surface area contributed by atoms with Gasteiger partial charge in [0.1, 0.15) is 5.76 Å². The van der Waals surface area contributed by atoms with E-state index in [0.29, 0.717) is 5.82 Å². The molecule has 3 aromatic rings. The van der Waals surface area contributed by atoms with Crippen molar-refractivity contribution in [2.24, 2.45) is 0 Å². The molecule has 0 amide bonds. The Labute approximate surface area is 142 Å². The Kier molecular flexibility index (Phi) is 5.05. The Balaban J connectivity index is 1.95. The molecule has 6 heteroatoms. The maximum absolute atomic E-state index is 5.97. The molecule has 0 unspecified atom stereocenters. The molecule has 0 aliphatic heterocycles. The quantitative estimate of drug-likeness (QED) is 0.666. The molecular weight excluding hydrogens is 302 g/mol. The summed E-state index contributed by atoms with van der Waals surface area (Å²) in [7, 11) is 4.04. The minimum atomic E-state index is 0.703. The fourth-order valence-corrected chi connectivity index (χ4v) is 2.51. The van der Waals surface area contributed by atoms with Gasteiger partial charge in [-0.1, -0.05) is 13.3 Å². The summed E-state index contributed by atoms with van der Waals surface area (Å²) in [6, 6.07) is 7.81. The highest BCUT2D eigenvalue weighted by molar-refractivity contribution is 5.58. The van der Waals surface area contributed by atoms with Crippen molar-refractivity contribution in [1.82, 2.24) is 24.6 Å². The molecule has 3 aromatic heterocycles. The first-order chi connectivity index (χ1) is 11.7. The predicted octanol–water partition coefficient (Wildman–Crippen LogP) is 3.46. The molecule has 0 saturated carbocycles. The molecule has 126 valence electrons. The van der Waals surface area contributed by atoms with E-state index in [0.717, 1.165) is 48.8 Å². The van der Waals surface area contributed by atoms with E-state index in [-0.39, 0.29) is 0 Å². The SMILES string of the molecule is CCCCn1nc(-c2ccncc2)nc1-c1ccc(CN(C)C)o1. The van der Waals surface area contributed by atoms with E-state index < -0.39 is 0 Å². The lowest BCUT2D eigenvalue weighted by atomic mass is 10.2. The van der Waals surface area contributed by atoms with Crippen LogP contribution < -0.4 is 0 Å². The van der Waals surface area contributed by atoms with Crippen molar-refractivity contribution in [3.05, 3.63) is 42.4 Å². The van der Waals surface area contributed by atoms with Gasteiger partial charge in [0.15, 0.2) is 17.4 Å². The van der Waals surface area contributed by atoms with Gasteiger partial charge in [0, 0.05) is 24.5 Å². The van der Waals surface area contributed by atoms with Crippen LogP contribution in [-0.2, 0) is 13.1 Å². The smallest absolute Gasteiger partial charge is 0.194 e. The van der Waals surface area contributed by atoms with Gasteiger partial charge in [-0.2, -0.15) is 5.10 Å². The maximum atomic E-state index is 5.97. The number of aryl methyl sites for hydroxylation is 1. The van der Waals surface area contributed by atoms with Crippen LogP contribution >= 0.6 is 0 Å². The highest BCUT2D eigenvalue weighted by atomic mass is 16.3. The van der Waals surface area contributed by atoms with Crippen molar-refractivity contribution >= 4 is 0 Å². The van der Waals surface area contributed by atoms with Crippen molar-refractivity contribution in [3.63, 3.8) is 0 Å². The molecule has 3 rings (SSSR count). The lowest BCUT2D eigenvalue weighted by Gasteiger charge is -2.06. The maximum Gasteiger partial charge on any atom is 0.194 e. The Bertz CT molecular complexity index is 776. The summed E-state index contributed by atoms with van der Waals surface area (Å²) in [5, 5.41) is 4.67. The molecule has 0 aromatic carbocycles. The van der Waals surface area contributed by atoms with Gasteiger partial charge in [0.2, 0.25) is 0 Å². The van der Waals surface area contributed by atoms with Crippen molar-refractivity contribution < 1.29 is 4.42 Å². The third-order valence-electron chi connectivity index (χ3n) is 3.69. The first-order valence-corrected chi connectivity index (χ1v) is 8.26. The largest absolute Gasteiger partial charge is 0.456 e. The Morgan fingerprint density at radius 2 is 1.92 bits per heavy atom. The summed E-state index contributed by atoms with van der Waals surface area (Å²) in [4.78, 5) is 10.8. The Morgan fingerprint density at radius 1 is 1.12 bits per heavy atom. The zero-order chi connectivity index (χ0) is 16.9. The van der Waals surface area contributed by atoms with Crippen LogP contribution in [0, 0.1) is 0 Å². The molecule has 0 bridgehead atoms. The lowest BCUT2D eigenvalue weighted by Crippen LogP contribution is -2.09. The summed E-state index contributed by atoms with van der Waals surface area (Å²) < 4.78 is 7.92. The van der Waals surface area contributed by atoms with Crippen molar-refractivity contribution in [3.8, 4) is 23.0 Å². The number of rotatable bonds is 7. The van der Waals surface area contributed by atoms with Gasteiger partial charge in [-0.25, -0.2) is 9.67 Å². The molecule has 0 aliphatic carbocycles. The monoisotopic (exact) mass is 325 g/mol. The fourth-order valence-electron chi connectivity index (χ4n) is 2.51. The highest BCUT2D eigenvalue weighted by Gasteiger charge is 2.16. The van der Waals surface area contributed by atoms with Gasteiger partial charge >= 0.3 is 0 Å². The Morgan fingerprint density at radius 3 is 2.62 bits per heavy atom. The van der Waals surface area contributed by atoms with Crippen molar-refractivity contribution in [2.45, 2.75) is 32.9 Å². The number of furan rings is 1. The zero-order valence-corrected chi connectivity index (χ0v) is 14.4. The zero-order valence-electron chi connectivity index (χ0n) is 14.4. The van der Waals surface area contributed by atoms with E-state index in [1.54, 1.807) is 12.4 Å². The van der Waals surface area contributed by atoms with E-state index in [1.807, 2.05) is 43.0 Å². The summed E-state index contributed by atoms with van der Waals surface area (Å²) >= 11 is 0. The molecule has 0 aliphatic rings. The minimum Gasteiger partial charge on any atom is -0.456 e. The van der Waals surface area contributed by atoms with Gasteiger partial charge in [-0.05, 0) is 44.8 Å². The molecule has 0 saturated heterocycles. The third kappa shape index (κ3) is 3.71. The van der Waals surface area contributed by atoms with E-state index >= 15 is 0 Å². The van der Waals surface area contributed by atoms with Gasteiger partial charge in [0.25, 0.3) is 0 Å². The Hall–Kier alpha value is -2.47. The predicted molar refractivity (Wildman–Crippen MR) is 93.3 cm³/mol. The second-order valence-electron chi connectivity index (χ2n) is 6.08. The summed E-state index contributed by atoms with van der Waals surface area (Å²) in [5.41, 5.74) is 0.960. The summed E-state index contributed by atoms with van der Waals surface area (Å²) in [5.74, 6) is 3.16. The number of nitrogens with zero attached hydrogens (tertiary/aromatic N) is 5. The van der Waals surface area contributed by atoms with Crippen molar-refractivity contribution in [2.75, 3.05) is 14.1 Å². The van der Waals surface area contributed by atoms with Crippen LogP contribution in [0.4, 0.5) is 0 Å². The van der Waals surface area contributed by atoms with E-state index in [2.05, 4.69) is 21.9 Å². The standard InChI is InChI=1S/C18H23N5O/c1-4-5-12-23-18(16-7-6-15(24-16)13-22(2)3)20-17(21-23)14-8-10-19-11-9-14/h6-11H,4-5,12-13H2,1-3H3. The average Bonchev–Trinajstić information content (AvgIpc) is 3.20. The molecule has 6 nitrogen and oxygen atoms in total. The van der Waals surface area contributed by atoms with Gasteiger partial charge in [-0.15, -0.1) is 0 Å². The van der Waals surface area contributed by atoms with E-state index in [1.165, 1.54) is 0 Å². The van der Waals surface area contributed by atoms with Gasteiger partial charge in [0.05, 0.1) is 6.54 Å². The highest BCUT2D eigenvalue weighted by Crippen LogP contribution is 2.25. The lowest BCUT2D eigenvalue weighted by molar-refractivity contribution is 0.352. The van der Waals surface area contributed by atoms with Crippen LogP contribution in [0.2, 0.25) is 0 Å². The normalized spacial score (nSPS) is 11.3. The first kappa shape index (κ1) is 16.4. The van der Waals surface area contributed by atoms with Crippen LogP contribution in [0.1, 0.15) is 25.5 Å². The van der Waals surface area contributed by atoms with Crippen LogP contribution in [0.3, 0.4) is 0 Å². The molecule has 0 N–H and O–H groups in total. The molecular formula is C18H23N5O. The molecule has 0 atom stereocenters. The average molecular weight is 325 g/mol. The second-order valence-corrected chi connectivity index (χ2v) is 6.08. The van der Waals surface area contributed by atoms with Gasteiger partial charge < -0.3 is 9.32 Å². The van der Waals surface area contributed by atoms with Crippen molar-refractivity contribution in [1.29, 1.82) is 0 Å². The molecule has 0 radical (unpaired) electrons. The number of hydrogen-bond donors (Lipinski definition) is 0. The van der Waals surface area contributed by atoms with Gasteiger partial charge in [-0.3, -0.25) is 4.98 Å². The van der Waals surface area contributed by atoms with Crippen LogP contribution in [0.15, 0.2) is 41.1 Å². The number of hydrogen-bond acceptors (Lipinski definition) is 5. The topological polar surface area (TPSA) is 60.0 Å². The van der Waals surface area contributed by atoms with E-state index in [4.69, 9.17) is 9.40 Å².